The average molecular weight is 369 g/mol. The number of rotatable bonds is 4. The number of methoxy groups -OCH3 is 1. The minimum Gasteiger partial charge on any atom is -0.496 e. The molecule has 3 rings (SSSR count). The van der Waals surface area contributed by atoms with Gasteiger partial charge in [-0.2, -0.15) is 0 Å². The van der Waals surface area contributed by atoms with Crippen molar-refractivity contribution in [2.45, 2.75) is 64.6 Å². The van der Waals surface area contributed by atoms with Gasteiger partial charge in [-0.25, -0.2) is 0 Å². The zero-order valence-electron chi connectivity index (χ0n) is 17.6. The fourth-order valence-electron chi connectivity index (χ4n) is 4.40. The molecule has 0 amide bonds. The zero-order chi connectivity index (χ0) is 19.8. The third-order valence-electron chi connectivity index (χ3n) is 5.36. The Morgan fingerprint density at radius 1 is 1.04 bits per heavy atom. The van der Waals surface area contributed by atoms with Crippen LogP contribution in [0, 0.1) is 6.92 Å². The number of hydrogen-bond donors (Lipinski definition) is 1. The van der Waals surface area contributed by atoms with Gasteiger partial charge in [-0.15, -0.1) is 10.2 Å². The van der Waals surface area contributed by atoms with Crippen molar-refractivity contribution < 1.29 is 4.74 Å². The first-order chi connectivity index (χ1) is 12.6. The predicted octanol–water partition coefficient (Wildman–Crippen LogP) is 4.21. The second-order valence-electron chi connectivity index (χ2n) is 9.05. The quantitative estimate of drug-likeness (QED) is 0.876. The maximum Gasteiger partial charge on any atom is 0.151 e. The van der Waals surface area contributed by atoms with Crippen molar-refractivity contribution in [3.8, 4) is 17.0 Å². The highest BCUT2D eigenvalue weighted by Crippen LogP contribution is 2.33. The van der Waals surface area contributed by atoms with Gasteiger partial charge in [0.05, 0.1) is 12.8 Å². The molecule has 27 heavy (non-hydrogen) atoms. The van der Waals surface area contributed by atoms with Crippen LogP contribution < -0.4 is 15.0 Å². The summed E-state index contributed by atoms with van der Waals surface area (Å²) in [5.74, 6) is 1.73. The van der Waals surface area contributed by atoms with Gasteiger partial charge in [-0.3, -0.25) is 0 Å². The molecule has 146 valence electrons. The van der Waals surface area contributed by atoms with Gasteiger partial charge in [-0.1, -0.05) is 6.07 Å². The van der Waals surface area contributed by atoms with Crippen LogP contribution >= 0.6 is 0 Å². The smallest absolute Gasteiger partial charge is 0.151 e. The molecular weight excluding hydrogens is 336 g/mol. The number of benzene rings is 1. The molecule has 0 spiro atoms. The molecule has 5 heteroatoms. The van der Waals surface area contributed by atoms with Gasteiger partial charge in [0.15, 0.2) is 5.82 Å². The van der Waals surface area contributed by atoms with E-state index in [0.717, 1.165) is 41.2 Å². The van der Waals surface area contributed by atoms with E-state index in [1.54, 1.807) is 7.11 Å². The molecule has 1 aromatic carbocycles. The summed E-state index contributed by atoms with van der Waals surface area (Å²) in [5.41, 5.74) is 3.16. The molecule has 2 aromatic rings. The van der Waals surface area contributed by atoms with Crippen molar-refractivity contribution in [1.82, 2.24) is 15.5 Å². The first-order valence-electron chi connectivity index (χ1n) is 9.61. The standard InChI is InChI=1S/C22H32N4O/c1-15-8-9-17(19(12-15)27-7)18-10-11-20(24-23-18)26(6)16-13-21(2,3)25-22(4,5)14-16/h8-12,16,25H,13-14H2,1-7H3. The Morgan fingerprint density at radius 3 is 2.26 bits per heavy atom. The predicted molar refractivity (Wildman–Crippen MR) is 111 cm³/mol. The van der Waals surface area contributed by atoms with E-state index in [1.807, 2.05) is 18.2 Å². The van der Waals surface area contributed by atoms with Crippen LogP contribution in [-0.2, 0) is 0 Å². The maximum atomic E-state index is 5.51. The van der Waals surface area contributed by atoms with Crippen LogP contribution in [0.2, 0.25) is 0 Å². The topological polar surface area (TPSA) is 50.3 Å². The Labute approximate surface area is 163 Å². The van der Waals surface area contributed by atoms with E-state index in [2.05, 4.69) is 74.2 Å². The lowest BCUT2D eigenvalue weighted by molar-refractivity contribution is 0.160. The van der Waals surface area contributed by atoms with E-state index in [1.165, 1.54) is 0 Å². The second kappa shape index (κ2) is 7.12. The third kappa shape index (κ3) is 4.41. The van der Waals surface area contributed by atoms with E-state index in [-0.39, 0.29) is 11.1 Å². The summed E-state index contributed by atoms with van der Waals surface area (Å²) >= 11 is 0. The lowest BCUT2D eigenvalue weighted by Gasteiger charge is -2.49. The molecule has 0 saturated carbocycles. The zero-order valence-corrected chi connectivity index (χ0v) is 17.6. The number of anilines is 1. The highest BCUT2D eigenvalue weighted by molar-refractivity contribution is 5.68. The molecule has 0 unspecified atom stereocenters. The van der Waals surface area contributed by atoms with Gasteiger partial charge in [-0.05, 0) is 77.3 Å². The highest BCUT2D eigenvalue weighted by atomic mass is 16.5. The summed E-state index contributed by atoms with van der Waals surface area (Å²) in [4.78, 5) is 2.27. The fourth-order valence-corrected chi connectivity index (χ4v) is 4.40. The Morgan fingerprint density at radius 2 is 1.70 bits per heavy atom. The van der Waals surface area contributed by atoms with Crippen molar-refractivity contribution in [3.63, 3.8) is 0 Å². The Hall–Kier alpha value is -2.14. The molecule has 0 atom stereocenters. The average Bonchev–Trinajstić information content (AvgIpc) is 2.58. The molecule has 2 heterocycles. The summed E-state index contributed by atoms with van der Waals surface area (Å²) in [6.45, 7) is 11.1. The van der Waals surface area contributed by atoms with Gasteiger partial charge in [0.1, 0.15) is 5.75 Å². The van der Waals surface area contributed by atoms with Crippen molar-refractivity contribution >= 4 is 5.82 Å². The van der Waals surface area contributed by atoms with Crippen LogP contribution in [0.3, 0.4) is 0 Å². The van der Waals surface area contributed by atoms with Crippen LogP contribution in [0.1, 0.15) is 46.1 Å². The van der Waals surface area contributed by atoms with Gasteiger partial charge in [0.25, 0.3) is 0 Å². The third-order valence-corrected chi connectivity index (χ3v) is 5.36. The fraction of sp³-hybridized carbons (Fsp3) is 0.545. The Balaban J connectivity index is 1.83. The van der Waals surface area contributed by atoms with E-state index < -0.39 is 0 Å². The summed E-state index contributed by atoms with van der Waals surface area (Å²) < 4.78 is 5.51. The van der Waals surface area contributed by atoms with E-state index in [0.29, 0.717) is 6.04 Å². The van der Waals surface area contributed by atoms with Crippen LogP contribution in [-0.4, -0.2) is 41.5 Å². The van der Waals surface area contributed by atoms with Gasteiger partial charge in [0, 0.05) is 29.7 Å². The molecular formula is C22H32N4O. The molecule has 0 aliphatic carbocycles. The summed E-state index contributed by atoms with van der Waals surface area (Å²) in [6.07, 6.45) is 2.14. The largest absolute Gasteiger partial charge is 0.496 e. The molecule has 1 saturated heterocycles. The highest BCUT2D eigenvalue weighted by Gasteiger charge is 2.39. The van der Waals surface area contributed by atoms with Gasteiger partial charge >= 0.3 is 0 Å². The number of piperidine rings is 1. The second-order valence-corrected chi connectivity index (χ2v) is 9.05. The number of ether oxygens (including phenoxy) is 1. The van der Waals surface area contributed by atoms with Crippen molar-refractivity contribution in [3.05, 3.63) is 35.9 Å². The van der Waals surface area contributed by atoms with E-state index >= 15 is 0 Å². The SMILES string of the molecule is COc1cc(C)ccc1-c1ccc(N(C)C2CC(C)(C)NC(C)(C)C2)nn1. The number of aromatic nitrogens is 2. The van der Waals surface area contributed by atoms with Crippen LogP contribution in [0.5, 0.6) is 5.75 Å². The normalized spacial score (nSPS) is 18.9. The van der Waals surface area contributed by atoms with Crippen LogP contribution in [0.4, 0.5) is 5.82 Å². The Bertz CT molecular complexity index is 782. The number of nitrogens with one attached hydrogen (secondary N) is 1. The minimum absolute atomic E-state index is 0.101. The maximum absolute atomic E-state index is 5.51. The minimum atomic E-state index is 0.101. The van der Waals surface area contributed by atoms with Crippen LogP contribution in [0.15, 0.2) is 30.3 Å². The number of hydrogen-bond acceptors (Lipinski definition) is 5. The lowest BCUT2D eigenvalue weighted by Crippen LogP contribution is -2.62. The van der Waals surface area contributed by atoms with Gasteiger partial charge < -0.3 is 15.0 Å². The first kappa shape index (κ1) is 19.6. The molecule has 0 bridgehead atoms. The van der Waals surface area contributed by atoms with Gasteiger partial charge in [0.2, 0.25) is 0 Å². The van der Waals surface area contributed by atoms with Crippen molar-refractivity contribution in [1.29, 1.82) is 0 Å². The summed E-state index contributed by atoms with van der Waals surface area (Å²) in [7, 11) is 3.81. The molecule has 1 aromatic heterocycles. The van der Waals surface area contributed by atoms with Crippen LogP contribution in [0.25, 0.3) is 11.3 Å². The van der Waals surface area contributed by atoms with E-state index in [4.69, 9.17) is 4.74 Å². The molecule has 1 N–H and O–H groups in total. The molecule has 5 nitrogen and oxygen atoms in total. The molecule has 1 aliphatic heterocycles. The summed E-state index contributed by atoms with van der Waals surface area (Å²) in [5, 5.41) is 12.8. The lowest BCUT2D eigenvalue weighted by atomic mass is 9.79. The molecule has 1 aliphatic rings. The monoisotopic (exact) mass is 368 g/mol. The number of nitrogens with zero attached hydrogens (tertiary/aromatic N) is 3. The van der Waals surface area contributed by atoms with Crippen molar-refractivity contribution in [2.75, 3.05) is 19.1 Å². The molecule has 1 fully saturated rings. The summed E-state index contributed by atoms with van der Waals surface area (Å²) in [6, 6.07) is 10.6. The van der Waals surface area contributed by atoms with E-state index in [9.17, 15) is 0 Å². The van der Waals surface area contributed by atoms with Crippen molar-refractivity contribution in [2.24, 2.45) is 0 Å². The number of aryl methyl sites for hydroxylation is 1. The Kier molecular flexibility index (Phi) is 5.17. The molecule has 0 radical (unpaired) electrons. The first-order valence-corrected chi connectivity index (χ1v) is 9.61.